The van der Waals surface area contributed by atoms with Crippen LogP contribution in [-0.2, 0) is 14.4 Å². The number of thioether (sulfide) groups is 1. The van der Waals surface area contributed by atoms with Crippen LogP contribution in [0.5, 0.6) is 0 Å². The van der Waals surface area contributed by atoms with Gasteiger partial charge in [-0.15, -0.1) is 0 Å². The number of carbonyl (C=O) groups excluding carboxylic acids is 2. The summed E-state index contributed by atoms with van der Waals surface area (Å²) in [6.07, 6.45) is 2.79. The maximum Gasteiger partial charge on any atom is 0.326 e. The van der Waals surface area contributed by atoms with Gasteiger partial charge in [-0.05, 0) is 31.3 Å². The van der Waals surface area contributed by atoms with Crippen molar-refractivity contribution in [1.82, 2.24) is 10.6 Å². The monoisotopic (exact) mass is 362 g/mol. The zero-order valence-electron chi connectivity index (χ0n) is 13.7. The molecule has 0 aromatic rings. The van der Waals surface area contributed by atoms with Crippen LogP contribution in [0, 0.1) is 0 Å². The van der Waals surface area contributed by atoms with E-state index in [1.165, 1.54) is 11.8 Å². The van der Waals surface area contributed by atoms with Gasteiger partial charge in [0.05, 0.1) is 6.54 Å². The molecule has 0 unspecified atom stereocenters. The molecule has 0 aliphatic heterocycles. The van der Waals surface area contributed by atoms with Crippen molar-refractivity contribution in [2.45, 2.75) is 31.3 Å². The average molecular weight is 362 g/mol. The first-order chi connectivity index (χ1) is 11.3. The van der Waals surface area contributed by atoms with Gasteiger partial charge in [-0.25, -0.2) is 4.79 Å². The Hall–Kier alpha value is -2.01. The molecule has 2 atom stereocenters. The first-order valence-electron chi connectivity index (χ1n) is 7.38. The maximum absolute atomic E-state index is 12.2. The molecule has 0 radical (unpaired) electrons. The number of hydrogen-bond acceptors (Lipinski definition) is 6. The lowest BCUT2D eigenvalue weighted by molar-refractivity contribution is -0.142. The Balaban J connectivity index is 4.69. The Kier molecular flexibility index (Phi) is 11.4. The summed E-state index contributed by atoms with van der Waals surface area (Å²) in [4.78, 5) is 38.7. The summed E-state index contributed by atoms with van der Waals surface area (Å²) in [6, 6.07) is -1.91. The van der Waals surface area contributed by atoms with Crippen molar-refractivity contribution in [3.05, 3.63) is 0 Å². The minimum atomic E-state index is -1.16. The molecular formula is C13H26N6O4S. The number of amides is 2. The zero-order valence-corrected chi connectivity index (χ0v) is 14.5. The molecule has 0 aliphatic rings. The lowest BCUT2D eigenvalue weighted by Crippen LogP contribution is -2.52. The molecular weight excluding hydrogens is 336 g/mol. The fourth-order valence-corrected chi connectivity index (χ4v) is 2.26. The zero-order chi connectivity index (χ0) is 18.5. The average Bonchev–Trinajstić information content (AvgIpc) is 2.53. The van der Waals surface area contributed by atoms with Gasteiger partial charge in [-0.1, -0.05) is 0 Å². The number of guanidine groups is 1. The van der Waals surface area contributed by atoms with E-state index in [-0.39, 0.29) is 25.5 Å². The van der Waals surface area contributed by atoms with Crippen LogP contribution in [-0.4, -0.2) is 66.0 Å². The van der Waals surface area contributed by atoms with Gasteiger partial charge in [0, 0.05) is 6.54 Å². The number of nitrogens with two attached hydrogens (primary N) is 3. The molecule has 10 nitrogen and oxygen atoms in total. The second-order valence-corrected chi connectivity index (χ2v) is 5.94. The number of aliphatic imine (C=N–C) groups is 1. The molecule has 2 amide bonds. The standard InChI is InChI=1S/C13H26N6O4S/c1-24-6-4-8(18-10(20)7-14)11(21)19-9(12(22)23)3-2-5-17-13(15)16/h8-9H,2-7,14H2,1H3,(H,18,20)(H,19,21)(H,22,23)(H4,15,16,17)/t8-,9-/m0/s1. The highest BCUT2D eigenvalue weighted by Gasteiger charge is 2.25. The molecule has 0 rings (SSSR count). The third-order valence-electron chi connectivity index (χ3n) is 3.01. The fourth-order valence-electron chi connectivity index (χ4n) is 1.79. The highest BCUT2D eigenvalue weighted by molar-refractivity contribution is 7.98. The summed E-state index contributed by atoms with van der Waals surface area (Å²) in [5.74, 6) is -1.64. The SMILES string of the molecule is CSCC[C@H](NC(=O)CN)C(=O)N[C@@H](CCCN=C(N)N)C(=O)O. The van der Waals surface area contributed by atoms with Crippen molar-refractivity contribution in [2.75, 3.05) is 25.1 Å². The predicted octanol–water partition coefficient (Wildman–Crippen LogP) is -2.19. The Bertz CT molecular complexity index is 456. The van der Waals surface area contributed by atoms with Gasteiger partial charge in [0.1, 0.15) is 12.1 Å². The van der Waals surface area contributed by atoms with E-state index in [1.54, 1.807) is 0 Å². The third-order valence-corrected chi connectivity index (χ3v) is 3.65. The molecule has 0 saturated heterocycles. The Morgan fingerprint density at radius 1 is 1.17 bits per heavy atom. The van der Waals surface area contributed by atoms with E-state index in [0.717, 1.165) is 0 Å². The van der Waals surface area contributed by atoms with Gasteiger partial charge in [0.25, 0.3) is 0 Å². The Labute approximate surface area is 145 Å². The van der Waals surface area contributed by atoms with Crippen molar-refractivity contribution < 1.29 is 19.5 Å². The van der Waals surface area contributed by atoms with E-state index in [4.69, 9.17) is 17.2 Å². The largest absolute Gasteiger partial charge is 0.480 e. The number of carboxylic acid groups (broad SMARTS) is 1. The number of carboxylic acids is 1. The first kappa shape index (κ1) is 22.0. The van der Waals surface area contributed by atoms with E-state index >= 15 is 0 Å². The van der Waals surface area contributed by atoms with Crippen LogP contribution in [0.4, 0.5) is 0 Å². The summed E-state index contributed by atoms with van der Waals surface area (Å²) in [5, 5.41) is 14.1. The maximum atomic E-state index is 12.2. The third kappa shape index (κ3) is 9.90. The van der Waals surface area contributed by atoms with Gasteiger partial charge >= 0.3 is 5.97 Å². The topological polar surface area (TPSA) is 186 Å². The van der Waals surface area contributed by atoms with E-state index in [9.17, 15) is 19.5 Å². The second kappa shape index (κ2) is 12.4. The summed E-state index contributed by atoms with van der Waals surface area (Å²) < 4.78 is 0. The highest BCUT2D eigenvalue weighted by atomic mass is 32.2. The normalized spacial score (nSPS) is 12.8. The first-order valence-corrected chi connectivity index (χ1v) is 8.78. The molecule has 0 aromatic carbocycles. The van der Waals surface area contributed by atoms with Crippen LogP contribution < -0.4 is 27.8 Å². The minimum Gasteiger partial charge on any atom is -0.480 e. The van der Waals surface area contributed by atoms with E-state index in [0.29, 0.717) is 18.6 Å². The number of aliphatic carboxylic acids is 1. The van der Waals surface area contributed by atoms with Crippen LogP contribution in [0.25, 0.3) is 0 Å². The number of carbonyl (C=O) groups is 3. The lowest BCUT2D eigenvalue weighted by Gasteiger charge is -2.21. The molecule has 0 heterocycles. The van der Waals surface area contributed by atoms with Crippen LogP contribution >= 0.6 is 11.8 Å². The molecule has 0 aromatic heterocycles. The summed E-state index contributed by atoms with van der Waals surface area (Å²) in [7, 11) is 0. The molecule has 0 saturated carbocycles. The minimum absolute atomic E-state index is 0.0764. The quantitative estimate of drug-likeness (QED) is 0.128. The van der Waals surface area contributed by atoms with Gasteiger partial charge in [0.2, 0.25) is 11.8 Å². The van der Waals surface area contributed by atoms with Crippen LogP contribution in [0.3, 0.4) is 0 Å². The van der Waals surface area contributed by atoms with Gasteiger partial charge < -0.3 is 32.9 Å². The second-order valence-electron chi connectivity index (χ2n) is 4.95. The van der Waals surface area contributed by atoms with Crippen LogP contribution in [0.15, 0.2) is 4.99 Å². The molecule has 24 heavy (non-hydrogen) atoms. The van der Waals surface area contributed by atoms with Crippen molar-refractivity contribution >= 4 is 35.5 Å². The molecule has 11 heteroatoms. The number of nitrogens with zero attached hydrogens (tertiary/aromatic N) is 1. The molecule has 0 bridgehead atoms. The number of nitrogens with one attached hydrogen (secondary N) is 2. The van der Waals surface area contributed by atoms with Crippen LogP contribution in [0.1, 0.15) is 19.3 Å². The fraction of sp³-hybridized carbons (Fsp3) is 0.692. The molecule has 9 N–H and O–H groups in total. The van der Waals surface area contributed by atoms with E-state index in [2.05, 4.69) is 15.6 Å². The molecule has 0 fully saturated rings. The number of hydrogen-bond donors (Lipinski definition) is 6. The van der Waals surface area contributed by atoms with E-state index < -0.39 is 29.9 Å². The highest BCUT2D eigenvalue weighted by Crippen LogP contribution is 2.04. The Morgan fingerprint density at radius 2 is 1.83 bits per heavy atom. The lowest BCUT2D eigenvalue weighted by atomic mass is 10.1. The smallest absolute Gasteiger partial charge is 0.326 e. The van der Waals surface area contributed by atoms with Crippen molar-refractivity contribution in [1.29, 1.82) is 0 Å². The van der Waals surface area contributed by atoms with Crippen molar-refractivity contribution in [3.8, 4) is 0 Å². The summed E-state index contributed by atoms with van der Waals surface area (Å²) >= 11 is 1.51. The predicted molar refractivity (Wildman–Crippen MR) is 93.5 cm³/mol. The van der Waals surface area contributed by atoms with Gasteiger partial charge in [0.15, 0.2) is 5.96 Å². The Morgan fingerprint density at radius 3 is 2.33 bits per heavy atom. The molecule has 138 valence electrons. The van der Waals surface area contributed by atoms with Crippen LogP contribution in [0.2, 0.25) is 0 Å². The van der Waals surface area contributed by atoms with E-state index in [1.807, 2.05) is 6.26 Å². The summed E-state index contributed by atoms with van der Waals surface area (Å²) in [5.41, 5.74) is 15.6. The van der Waals surface area contributed by atoms with Crippen molar-refractivity contribution in [3.63, 3.8) is 0 Å². The molecule has 0 aliphatic carbocycles. The molecule has 0 spiro atoms. The van der Waals surface area contributed by atoms with Crippen molar-refractivity contribution in [2.24, 2.45) is 22.2 Å². The number of rotatable bonds is 12. The summed E-state index contributed by atoms with van der Waals surface area (Å²) in [6.45, 7) is 0.0196. The van der Waals surface area contributed by atoms with Gasteiger partial charge in [-0.3, -0.25) is 14.6 Å². The van der Waals surface area contributed by atoms with Gasteiger partial charge in [-0.2, -0.15) is 11.8 Å².